The number of H-pyrrole nitrogens is 4. The van der Waals surface area contributed by atoms with Crippen molar-refractivity contribution in [3.8, 4) is 0 Å². The number of nitrogens with zero attached hydrogens (tertiary/aromatic N) is 3. The molecule has 9 heteroatoms. The maximum Gasteiger partial charge on any atom is 0.255 e. The fourth-order valence-corrected chi connectivity index (χ4v) is 7.64. The highest BCUT2D eigenvalue weighted by molar-refractivity contribution is 6.04. The van der Waals surface area contributed by atoms with Crippen molar-refractivity contribution in [3.05, 3.63) is 249 Å². The minimum atomic E-state index is -0.160. The molecule has 1 aliphatic rings. The van der Waals surface area contributed by atoms with Gasteiger partial charge >= 0.3 is 0 Å². The van der Waals surface area contributed by atoms with E-state index in [1.807, 2.05) is 116 Å². The number of amides is 1. The standard InChI is InChI=1S/C48H34N8O/c57-48(34-4-2-1-3-5-34)52-35-8-6-30(7-9-35)44-36-10-12-38(53-36)45(31-18-24-49-25-19-31)40-14-16-42(55-40)47(33-22-28-51-29-23-33)43-17-15-41(56-43)46(32-20-26-50-27-21-32)39-13-11-37(44)54-39/h1-29,53-56H,(H,52,57). The fraction of sp³-hybridized carbons (Fsp3) is 0. The van der Waals surface area contributed by atoms with Gasteiger partial charge < -0.3 is 25.3 Å². The van der Waals surface area contributed by atoms with E-state index >= 15 is 0 Å². The van der Waals surface area contributed by atoms with Crippen molar-refractivity contribution >= 4 is 33.9 Å². The summed E-state index contributed by atoms with van der Waals surface area (Å²) in [7, 11) is 0. The number of hydrogen-bond donors (Lipinski definition) is 5. The zero-order valence-corrected chi connectivity index (χ0v) is 30.5. The van der Waals surface area contributed by atoms with Crippen molar-refractivity contribution in [3.63, 3.8) is 0 Å². The van der Waals surface area contributed by atoms with Crippen molar-refractivity contribution < 1.29 is 4.79 Å². The molecular formula is C48H34N8O. The Morgan fingerprint density at radius 1 is 0.368 bits per heavy atom. The van der Waals surface area contributed by atoms with Crippen LogP contribution in [0.2, 0.25) is 0 Å². The molecule has 10 rings (SSSR count). The number of carbonyl (C=O) groups excluding carboxylic acids is 1. The van der Waals surface area contributed by atoms with E-state index in [0.717, 1.165) is 88.7 Å². The molecule has 0 fully saturated rings. The number of hydrogen-bond acceptors (Lipinski definition) is 4. The lowest BCUT2D eigenvalue weighted by molar-refractivity contribution is 0.102. The van der Waals surface area contributed by atoms with Gasteiger partial charge in [-0.25, -0.2) is 0 Å². The summed E-state index contributed by atoms with van der Waals surface area (Å²) in [6.45, 7) is 0. The topological polar surface area (TPSA) is 131 Å². The minimum Gasteiger partial charge on any atom is -0.354 e. The van der Waals surface area contributed by atoms with Gasteiger partial charge in [0.25, 0.3) is 5.91 Å². The highest BCUT2D eigenvalue weighted by Crippen LogP contribution is 2.28. The zero-order valence-electron chi connectivity index (χ0n) is 30.5. The Morgan fingerprint density at radius 3 is 1.09 bits per heavy atom. The lowest BCUT2D eigenvalue weighted by Gasteiger charge is -2.10. The highest BCUT2D eigenvalue weighted by atomic mass is 16.1. The Hall–Kier alpha value is -8.04. The van der Waals surface area contributed by atoms with Crippen molar-refractivity contribution in [1.82, 2.24) is 34.9 Å². The van der Waals surface area contributed by atoms with Gasteiger partial charge in [-0.15, -0.1) is 0 Å². The van der Waals surface area contributed by atoms with Crippen LogP contribution in [0, 0.1) is 0 Å². The first-order valence-electron chi connectivity index (χ1n) is 18.6. The molecule has 7 aromatic heterocycles. The average Bonchev–Trinajstić information content (AvgIpc) is 4.11. The monoisotopic (exact) mass is 738 g/mol. The van der Waals surface area contributed by atoms with E-state index in [2.05, 4.69) is 88.7 Å². The SMILES string of the molecule is O=C(Nc1ccc(C2=c3ccc([nH]3)=C(c3ccncc3)c3ccc([nH]3)C(c3ccncc3)=c3ccc([nH]3)=C(c3ccncc3)c3ccc2[nH]3)cc1)c1ccccc1. The molecule has 272 valence electrons. The highest BCUT2D eigenvalue weighted by Gasteiger charge is 2.18. The molecular weight excluding hydrogens is 705 g/mol. The molecule has 1 aliphatic heterocycles. The molecule has 57 heavy (non-hydrogen) atoms. The van der Waals surface area contributed by atoms with Crippen LogP contribution >= 0.6 is 0 Å². The molecule has 8 heterocycles. The molecule has 2 aromatic carbocycles. The van der Waals surface area contributed by atoms with Gasteiger partial charge in [-0.2, -0.15) is 0 Å². The first kappa shape index (κ1) is 33.5. The quantitative estimate of drug-likeness (QED) is 0.149. The molecule has 0 saturated carbocycles. The van der Waals surface area contributed by atoms with E-state index in [1.54, 1.807) is 12.1 Å². The first-order chi connectivity index (χ1) is 28.2. The number of benzene rings is 2. The molecule has 5 N–H and O–H groups in total. The Bertz CT molecular complexity index is 3140. The van der Waals surface area contributed by atoms with Gasteiger partial charge in [0.1, 0.15) is 0 Å². The van der Waals surface area contributed by atoms with Gasteiger partial charge in [-0.05, 0) is 131 Å². The second-order valence-electron chi connectivity index (χ2n) is 13.7. The molecule has 0 unspecified atom stereocenters. The number of pyridine rings is 3. The van der Waals surface area contributed by atoms with Crippen LogP contribution in [0.3, 0.4) is 0 Å². The summed E-state index contributed by atoms with van der Waals surface area (Å²) in [4.78, 5) is 41.2. The number of aromatic nitrogens is 7. The molecule has 0 radical (unpaired) electrons. The third-order valence-corrected chi connectivity index (χ3v) is 10.3. The second kappa shape index (κ2) is 14.3. The third kappa shape index (κ3) is 6.39. The zero-order chi connectivity index (χ0) is 38.1. The summed E-state index contributed by atoms with van der Waals surface area (Å²) in [5.74, 6) is -0.160. The van der Waals surface area contributed by atoms with Gasteiger partial charge in [-0.3, -0.25) is 19.7 Å². The summed E-state index contributed by atoms with van der Waals surface area (Å²) in [5.41, 5.74) is 13.1. The number of rotatable bonds is 6. The van der Waals surface area contributed by atoms with Gasteiger partial charge in [0, 0.05) is 115 Å². The first-order valence-corrected chi connectivity index (χ1v) is 18.6. The fourth-order valence-electron chi connectivity index (χ4n) is 7.64. The maximum absolute atomic E-state index is 13.0. The van der Waals surface area contributed by atoms with Gasteiger partial charge in [0.2, 0.25) is 0 Å². The number of carbonyl (C=O) groups is 1. The molecule has 0 spiro atoms. The molecule has 0 atom stereocenters. The minimum absolute atomic E-state index is 0.160. The predicted octanol–water partition coefficient (Wildman–Crippen LogP) is 5.74. The Labute approximate surface area is 326 Å². The summed E-state index contributed by atoms with van der Waals surface area (Å²) in [6, 6.07) is 46.4. The molecule has 1 amide bonds. The number of aromatic amines is 4. The largest absolute Gasteiger partial charge is 0.354 e. The van der Waals surface area contributed by atoms with E-state index in [9.17, 15) is 4.79 Å². The van der Waals surface area contributed by atoms with Crippen molar-refractivity contribution in [2.24, 2.45) is 0 Å². The smallest absolute Gasteiger partial charge is 0.255 e. The van der Waals surface area contributed by atoms with Crippen molar-refractivity contribution in [2.75, 3.05) is 5.32 Å². The van der Waals surface area contributed by atoms with E-state index in [-0.39, 0.29) is 5.91 Å². The van der Waals surface area contributed by atoms with E-state index in [0.29, 0.717) is 11.3 Å². The van der Waals surface area contributed by atoms with Gasteiger partial charge in [-0.1, -0.05) is 30.3 Å². The van der Waals surface area contributed by atoms with Crippen LogP contribution in [-0.2, 0) is 0 Å². The lowest BCUT2D eigenvalue weighted by atomic mass is 10.0. The summed E-state index contributed by atoms with van der Waals surface area (Å²) < 4.78 is 0. The summed E-state index contributed by atoms with van der Waals surface area (Å²) in [6.07, 6.45) is 10.9. The summed E-state index contributed by atoms with van der Waals surface area (Å²) >= 11 is 0. The molecule has 0 saturated heterocycles. The average molecular weight is 739 g/mol. The van der Waals surface area contributed by atoms with Crippen molar-refractivity contribution in [2.45, 2.75) is 0 Å². The van der Waals surface area contributed by atoms with Crippen LogP contribution in [0.15, 0.2) is 177 Å². The number of nitrogens with one attached hydrogen (secondary N) is 5. The summed E-state index contributed by atoms with van der Waals surface area (Å²) in [5, 5.41) is 6.79. The van der Waals surface area contributed by atoms with Crippen LogP contribution in [0.1, 0.15) is 55.4 Å². The predicted molar refractivity (Wildman–Crippen MR) is 222 cm³/mol. The molecule has 9 aromatic rings. The Balaban J connectivity index is 1.24. The second-order valence-corrected chi connectivity index (χ2v) is 13.7. The van der Waals surface area contributed by atoms with E-state index in [4.69, 9.17) is 0 Å². The number of anilines is 1. The Morgan fingerprint density at radius 2 is 0.719 bits per heavy atom. The maximum atomic E-state index is 13.0. The molecule has 0 aliphatic carbocycles. The molecule has 8 bridgehead atoms. The van der Waals surface area contributed by atoms with Crippen LogP contribution < -0.4 is 26.7 Å². The van der Waals surface area contributed by atoms with Crippen LogP contribution in [0.25, 0.3) is 22.3 Å². The lowest BCUT2D eigenvalue weighted by Crippen LogP contribution is -2.19. The third-order valence-electron chi connectivity index (χ3n) is 10.3. The van der Waals surface area contributed by atoms with Crippen molar-refractivity contribution in [1.29, 1.82) is 0 Å². The van der Waals surface area contributed by atoms with Gasteiger partial charge in [0.05, 0.1) is 0 Å². The van der Waals surface area contributed by atoms with E-state index < -0.39 is 0 Å². The van der Waals surface area contributed by atoms with Gasteiger partial charge in [0.15, 0.2) is 0 Å². The normalized spacial score (nSPS) is 12.5. The van der Waals surface area contributed by atoms with Crippen LogP contribution in [-0.4, -0.2) is 40.8 Å². The van der Waals surface area contributed by atoms with E-state index in [1.165, 1.54) is 0 Å². The molecule has 9 nitrogen and oxygen atoms in total. The number of fused-ring (bicyclic) bond motifs is 8. The Kier molecular flexibility index (Phi) is 8.42. The van der Waals surface area contributed by atoms with Crippen LogP contribution in [0.5, 0.6) is 0 Å². The van der Waals surface area contributed by atoms with Crippen LogP contribution in [0.4, 0.5) is 5.69 Å².